The van der Waals surface area contributed by atoms with Gasteiger partial charge in [0, 0.05) is 14.4 Å². The SMILES string of the molecule is [2H]c1c(C([2H])([2H])[2H])cn2c(C(=O)OCC)c(C([2H])([2H])[2H])nc2c1[2H]. The van der Waals surface area contributed by atoms with Gasteiger partial charge in [0.05, 0.1) is 15.0 Å². The van der Waals surface area contributed by atoms with E-state index in [0.29, 0.717) is 0 Å². The van der Waals surface area contributed by atoms with Crippen LogP contribution in [-0.2, 0) is 4.74 Å². The molecule has 0 fully saturated rings. The summed E-state index contributed by atoms with van der Waals surface area (Å²) in [6.07, 6.45) is 0.942. The first-order valence-corrected chi connectivity index (χ1v) is 4.60. The number of pyridine rings is 1. The largest absolute Gasteiger partial charge is 0.461 e. The van der Waals surface area contributed by atoms with E-state index in [-0.39, 0.29) is 12.3 Å². The Morgan fingerprint density at radius 1 is 1.62 bits per heavy atom. The third-order valence-electron chi connectivity index (χ3n) is 1.95. The number of hydrogen-bond acceptors (Lipinski definition) is 3. The van der Waals surface area contributed by atoms with Gasteiger partial charge in [0.15, 0.2) is 5.69 Å². The van der Waals surface area contributed by atoms with Crippen LogP contribution in [0.4, 0.5) is 0 Å². The molecule has 2 heterocycles. The number of aryl methyl sites for hydroxylation is 2. The molecule has 2 aromatic rings. The molecule has 0 aromatic carbocycles. The van der Waals surface area contributed by atoms with Gasteiger partial charge in [-0.1, -0.05) is 6.04 Å². The monoisotopic (exact) mass is 226 g/mol. The zero-order chi connectivity index (χ0) is 18.4. The van der Waals surface area contributed by atoms with Gasteiger partial charge in [0.25, 0.3) is 0 Å². The van der Waals surface area contributed by atoms with Crippen LogP contribution in [0.2, 0.25) is 0 Å². The Bertz CT molecular complexity index is 806. The molecule has 0 atom stereocenters. The topological polar surface area (TPSA) is 43.6 Å². The molecular formula is C12H14N2O2. The molecule has 0 aliphatic carbocycles. The van der Waals surface area contributed by atoms with E-state index >= 15 is 0 Å². The summed E-state index contributed by atoms with van der Waals surface area (Å²) in [5, 5.41) is 0. The normalized spacial score (nSPS) is 19.6. The Morgan fingerprint density at radius 2 is 2.50 bits per heavy atom. The first kappa shape index (κ1) is 4.57. The van der Waals surface area contributed by atoms with E-state index in [1.165, 1.54) is 6.92 Å². The predicted octanol–water partition coefficient (Wildman–Crippen LogP) is 2.13. The number of esters is 1. The molecule has 0 saturated carbocycles. The summed E-state index contributed by atoms with van der Waals surface area (Å²) in [6, 6.07) is -1.18. The molecule has 84 valence electrons. The second-order valence-electron chi connectivity index (χ2n) is 3.02. The lowest BCUT2D eigenvalue weighted by Gasteiger charge is -2.03. The summed E-state index contributed by atoms with van der Waals surface area (Å²) in [4.78, 5) is 15.9. The predicted molar refractivity (Wildman–Crippen MR) is 60.6 cm³/mol. The van der Waals surface area contributed by atoms with Crippen molar-refractivity contribution in [3.8, 4) is 0 Å². The number of fused-ring (bicyclic) bond motifs is 1. The van der Waals surface area contributed by atoms with Crippen LogP contribution in [0.5, 0.6) is 0 Å². The Hall–Kier alpha value is -1.84. The molecule has 0 saturated heterocycles. The number of hydrogen-bond donors (Lipinski definition) is 0. The highest BCUT2D eigenvalue weighted by molar-refractivity contribution is 5.90. The first-order valence-electron chi connectivity index (χ1n) is 8.60. The molecule has 2 aromatic heterocycles. The number of carbonyl (C=O) groups is 1. The van der Waals surface area contributed by atoms with E-state index in [1.807, 2.05) is 0 Å². The zero-order valence-electron chi connectivity index (χ0n) is 16.5. The summed E-state index contributed by atoms with van der Waals surface area (Å²) in [6.45, 7) is -3.98. The van der Waals surface area contributed by atoms with Gasteiger partial charge < -0.3 is 4.74 Å². The Kier molecular flexibility index (Phi) is 1.13. The molecule has 0 N–H and O–H groups in total. The van der Waals surface area contributed by atoms with E-state index in [1.54, 1.807) is 0 Å². The van der Waals surface area contributed by atoms with Crippen molar-refractivity contribution in [2.24, 2.45) is 0 Å². The van der Waals surface area contributed by atoms with Gasteiger partial charge in [0.1, 0.15) is 5.65 Å². The highest BCUT2D eigenvalue weighted by Crippen LogP contribution is 2.14. The lowest BCUT2D eigenvalue weighted by molar-refractivity contribution is 0.0517. The van der Waals surface area contributed by atoms with Gasteiger partial charge in [-0.2, -0.15) is 0 Å². The number of aromatic nitrogens is 2. The van der Waals surface area contributed by atoms with Gasteiger partial charge in [-0.25, -0.2) is 9.78 Å². The minimum Gasteiger partial charge on any atom is -0.461 e. The third kappa shape index (κ3) is 1.66. The molecule has 0 amide bonds. The lowest BCUT2D eigenvalue weighted by Crippen LogP contribution is -2.09. The summed E-state index contributed by atoms with van der Waals surface area (Å²) < 4.78 is 66.3. The van der Waals surface area contributed by atoms with Gasteiger partial charge in [-0.3, -0.25) is 4.40 Å². The number of imidazole rings is 1. The maximum Gasteiger partial charge on any atom is 0.357 e. The minimum absolute atomic E-state index is 0.0249. The molecule has 4 heteroatoms. The van der Waals surface area contributed by atoms with E-state index in [2.05, 4.69) is 4.98 Å². The maximum atomic E-state index is 12.2. The molecule has 2 rings (SSSR count). The lowest BCUT2D eigenvalue weighted by atomic mass is 10.3. The molecular weight excluding hydrogens is 204 g/mol. The molecule has 0 bridgehead atoms. The maximum absolute atomic E-state index is 12.2. The highest BCUT2D eigenvalue weighted by atomic mass is 16.5. The van der Waals surface area contributed by atoms with Crippen molar-refractivity contribution in [2.75, 3.05) is 6.61 Å². The van der Waals surface area contributed by atoms with Crippen molar-refractivity contribution in [3.63, 3.8) is 0 Å². The summed E-state index contributed by atoms with van der Waals surface area (Å²) in [7, 11) is 0. The summed E-state index contributed by atoms with van der Waals surface area (Å²) in [5.74, 6) is -0.996. The van der Waals surface area contributed by atoms with Crippen LogP contribution >= 0.6 is 0 Å². The fourth-order valence-electron chi connectivity index (χ4n) is 1.33. The molecule has 4 nitrogen and oxygen atoms in total. The Balaban J connectivity index is 2.94. The minimum atomic E-state index is -2.77. The average Bonchev–Trinajstić information content (AvgIpc) is 2.81. The third-order valence-corrected chi connectivity index (χ3v) is 1.95. The van der Waals surface area contributed by atoms with Gasteiger partial charge >= 0.3 is 5.97 Å². The second-order valence-corrected chi connectivity index (χ2v) is 3.02. The average molecular weight is 226 g/mol. The summed E-state index contributed by atoms with van der Waals surface area (Å²) in [5.41, 5.74) is -1.84. The highest BCUT2D eigenvalue weighted by Gasteiger charge is 2.17. The van der Waals surface area contributed by atoms with E-state index in [0.717, 1.165) is 10.6 Å². The van der Waals surface area contributed by atoms with Gasteiger partial charge in [-0.05, 0) is 32.2 Å². The standard InChI is InChI=1S/C12H14N2O2/c1-4-16-12(15)11-9(3)13-10-6-5-8(2)7-14(10)11/h5-7H,4H2,1-3H3/i2D3,3D3,5D,6D. The van der Waals surface area contributed by atoms with Crippen molar-refractivity contribution in [1.82, 2.24) is 9.38 Å². The van der Waals surface area contributed by atoms with E-state index in [4.69, 9.17) is 15.7 Å². The number of ether oxygens (including phenoxy) is 1. The van der Waals surface area contributed by atoms with Crippen LogP contribution in [0.1, 0.15) is 39.6 Å². The molecule has 0 radical (unpaired) electrons. The van der Waals surface area contributed by atoms with Crippen molar-refractivity contribution in [3.05, 3.63) is 35.2 Å². The molecule has 0 unspecified atom stereocenters. The molecule has 0 aliphatic heterocycles. The fraction of sp³-hybridized carbons (Fsp3) is 0.333. The van der Waals surface area contributed by atoms with Crippen LogP contribution in [0.25, 0.3) is 5.65 Å². The van der Waals surface area contributed by atoms with E-state index in [9.17, 15) is 4.79 Å². The zero-order valence-corrected chi connectivity index (χ0v) is 8.50. The Labute approximate surface area is 105 Å². The smallest absolute Gasteiger partial charge is 0.357 e. The van der Waals surface area contributed by atoms with E-state index < -0.39 is 48.7 Å². The Morgan fingerprint density at radius 3 is 3.19 bits per heavy atom. The number of nitrogens with zero attached hydrogens (tertiary/aromatic N) is 2. The van der Waals surface area contributed by atoms with Crippen LogP contribution in [-0.4, -0.2) is 22.0 Å². The van der Waals surface area contributed by atoms with Crippen molar-refractivity contribution < 1.29 is 20.5 Å². The van der Waals surface area contributed by atoms with Crippen LogP contribution in [0.15, 0.2) is 18.3 Å². The summed E-state index contributed by atoms with van der Waals surface area (Å²) >= 11 is 0. The van der Waals surface area contributed by atoms with Crippen molar-refractivity contribution in [2.45, 2.75) is 20.6 Å². The fourth-order valence-corrected chi connectivity index (χ4v) is 1.33. The van der Waals surface area contributed by atoms with Crippen LogP contribution < -0.4 is 0 Å². The number of carbonyl (C=O) groups excluding carboxylic acids is 1. The second kappa shape index (κ2) is 3.96. The molecule has 16 heavy (non-hydrogen) atoms. The van der Waals surface area contributed by atoms with Crippen molar-refractivity contribution in [1.29, 1.82) is 0 Å². The van der Waals surface area contributed by atoms with Crippen LogP contribution in [0.3, 0.4) is 0 Å². The van der Waals surface area contributed by atoms with Gasteiger partial charge in [-0.15, -0.1) is 0 Å². The number of rotatable bonds is 2. The molecule has 0 spiro atoms. The van der Waals surface area contributed by atoms with Crippen LogP contribution in [0, 0.1) is 13.7 Å². The molecule has 0 aliphatic rings. The quantitative estimate of drug-likeness (QED) is 0.737. The first-order chi connectivity index (χ1) is 10.9. The van der Waals surface area contributed by atoms with Gasteiger partial charge in [0.2, 0.25) is 0 Å². The van der Waals surface area contributed by atoms with Crippen molar-refractivity contribution >= 4 is 11.6 Å².